The Hall–Kier alpha value is -3.05. The zero-order valence-electron chi connectivity index (χ0n) is 16.8. The van der Waals surface area contributed by atoms with E-state index in [0.29, 0.717) is 11.3 Å². The largest absolute Gasteiger partial charge is 0.355 e. The lowest BCUT2D eigenvalue weighted by Crippen LogP contribution is -2.31. The van der Waals surface area contributed by atoms with E-state index in [1.165, 1.54) is 5.56 Å². The fraction of sp³-hybridized carbons (Fsp3) is 0.292. The minimum absolute atomic E-state index is 0.0713. The molecule has 1 aliphatic heterocycles. The quantitative estimate of drug-likeness (QED) is 0.626. The maximum absolute atomic E-state index is 12.9. The van der Waals surface area contributed by atoms with Gasteiger partial charge in [-0.2, -0.15) is 0 Å². The number of benzene rings is 1. The Labute approximate surface area is 172 Å². The van der Waals surface area contributed by atoms with Crippen LogP contribution in [-0.2, 0) is 6.54 Å². The summed E-state index contributed by atoms with van der Waals surface area (Å²) >= 11 is 0. The van der Waals surface area contributed by atoms with Gasteiger partial charge in [-0.05, 0) is 43.2 Å². The second-order valence-corrected chi connectivity index (χ2v) is 7.45. The van der Waals surface area contributed by atoms with E-state index < -0.39 is 0 Å². The first-order valence-electron chi connectivity index (χ1n) is 10.2. The number of rotatable bonds is 5. The van der Waals surface area contributed by atoms with Gasteiger partial charge in [0.25, 0.3) is 0 Å². The summed E-state index contributed by atoms with van der Waals surface area (Å²) in [5.74, 6) is 0.803. The summed E-state index contributed by atoms with van der Waals surface area (Å²) in [5, 5.41) is 0. The first kappa shape index (κ1) is 19.3. The number of hydrogen-bond acceptors (Lipinski definition) is 5. The van der Waals surface area contributed by atoms with Crippen LogP contribution in [0.3, 0.4) is 0 Å². The van der Waals surface area contributed by atoms with E-state index in [1.807, 2.05) is 25.1 Å². The highest BCUT2D eigenvalue weighted by Gasteiger charge is 2.19. The number of aryl methyl sites for hydroxylation is 1. The molecular formula is C24H26N4O. The highest BCUT2D eigenvalue weighted by atomic mass is 16.1. The molecule has 0 saturated carbocycles. The molecular weight excluding hydrogens is 360 g/mol. The molecule has 2 aromatic heterocycles. The van der Waals surface area contributed by atoms with Crippen molar-refractivity contribution in [2.75, 3.05) is 31.1 Å². The van der Waals surface area contributed by atoms with Crippen LogP contribution in [0.2, 0.25) is 0 Å². The Morgan fingerprint density at radius 1 is 0.931 bits per heavy atom. The second kappa shape index (κ2) is 8.97. The maximum Gasteiger partial charge on any atom is 0.213 e. The van der Waals surface area contributed by atoms with Gasteiger partial charge < -0.3 is 4.90 Å². The van der Waals surface area contributed by atoms with Crippen molar-refractivity contribution in [3.05, 3.63) is 89.4 Å². The predicted molar refractivity (Wildman–Crippen MR) is 115 cm³/mol. The SMILES string of the molecule is Cc1ncccc1C(=O)c1cccc(N2CCCN(Cc3ccccc3)CC2)n1. The third-order valence-electron chi connectivity index (χ3n) is 5.38. The number of ketones is 1. The van der Waals surface area contributed by atoms with Crippen molar-refractivity contribution in [2.24, 2.45) is 0 Å². The van der Waals surface area contributed by atoms with Crippen LogP contribution in [0.15, 0.2) is 66.9 Å². The molecule has 0 N–H and O–H groups in total. The zero-order chi connectivity index (χ0) is 20.1. The number of carbonyl (C=O) groups excluding carboxylic acids is 1. The summed E-state index contributed by atoms with van der Waals surface area (Å²) in [6, 6.07) is 19.9. The van der Waals surface area contributed by atoms with Gasteiger partial charge >= 0.3 is 0 Å². The molecule has 29 heavy (non-hydrogen) atoms. The van der Waals surface area contributed by atoms with Crippen LogP contribution in [0, 0.1) is 6.92 Å². The summed E-state index contributed by atoms with van der Waals surface area (Å²) in [6.45, 7) is 6.73. The average Bonchev–Trinajstić information content (AvgIpc) is 3.00. The molecule has 5 heteroatoms. The summed E-state index contributed by atoms with van der Waals surface area (Å²) in [5.41, 5.74) is 3.17. The van der Waals surface area contributed by atoms with E-state index in [-0.39, 0.29) is 5.78 Å². The van der Waals surface area contributed by atoms with Gasteiger partial charge in [-0.15, -0.1) is 0 Å². The molecule has 1 saturated heterocycles. The van der Waals surface area contributed by atoms with Crippen molar-refractivity contribution in [2.45, 2.75) is 19.9 Å². The molecule has 1 fully saturated rings. The fourth-order valence-corrected chi connectivity index (χ4v) is 3.79. The number of carbonyl (C=O) groups is 1. The van der Waals surface area contributed by atoms with Gasteiger partial charge in [-0.1, -0.05) is 36.4 Å². The third kappa shape index (κ3) is 4.69. The topological polar surface area (TPSA) is 49.3 Å². The molecule has 0 atom stereocenters. The average molecular weight is 386 g/mol. The van der Waals surface area contributed by atoms with E-state index in [0.717, 1.165) is 50.7 Å². The van der Waals surface area contributed by atoms with Gasteiger partial charge in [0.2, 0.25) is 5.78 Å². The second-order valence-electron chi connectivity index (χ2n) is 7.45. The fourth-order valence-electron chi connectivity index (χ4n) is 3.79. The van der Waals surface area contributed by atoms with Gasteiger partial charge in [0.15, 0.2) is 0 Å². The predicted octanol–water partition coefficient (Wildman–Crippen LogP) is 3.73. The maximum atomic E-state index is 12.9. The van der Waals surface area contributed by atoms with Crippen molar-refractivity contribution >= 4 is 11.6 Å². The highest BCUT2D eigenvalue weighted by molar-refractivity contribution is 6.08. The monoisotopic (exact) mass is 386 g/mol. The van der Waals surface area contributed by atoms with E-state index in [1.54, 1.807) is 18.3 Å². The van der Waals surface area contributed by atoms with E-state index in [9.17, 15) is 4.79 Å². The molecule has 3 heterocycles. The van der Waals surface area contributed by atoms with Crippen LogP contribution >= 0.6 is 0 Å². The summed E-state index contributed by atoms with van der Waals surface area (Å²) in [7, 11) is 0. The molecule has 0 bridgehead atoms. The van der Waals surface area contributed by atoms with Crippen molar-refractivity contribution < 1.29 is 4.79 Å². The Morgan fingerprint density at radius 2 is 1.79 bits per heavy atom. The number of pyridine rings is 2. The van der Waals surface area contributed by atoms with Crippen LogP contribution in [0.25, 0.3) is 0 Å². The zero-order valence-corrected chi connectivity index (χ0v) is 16.8. The Balaban J connectivity index is 1.46. The Bertz CT molecular complexity index is 973. The van der Waals surface area contributed by atoms with Crippen molar-refractivity contribution in [1.82, 2.24) is 14.9 Å². The molecule has 0 unspecified atom stereocenters. The Kier molecular flexibility index (Phi) is 5.96. The summed E-state index contributed by atoms with van der Waals surface area (Å²) < 4.78 is 0. The normalized spacial score (nSPS) is 15.1. The lowest BCUT2D eigenvalue weighted by atomic mass is 10.1. The first-order chi connectivity index (χ1) is 14.2. The molecule has 0 aliphatic carbocycles. The lowest BCUT2D eigenvalue weighted by Gasteiger charge is -2.23. The van der Waals surface area contributed by atoms with Crippen molar-refractivity contribution in [3.8, 4) is 0 Å². The van der Waals surface area contributed by atoms with Crippen LogP contribution in [0.4, 0.5) is 5.82 Å². The Morgan fingerprint density at radius 3 is 2.62 bits per heavy atom. The third-order valence-corrected chi connectivity index (χ3v) is 5.38. The molecule has 5 nitrogen and oxygen atoms in total. The number of anilines is 1. The van der Waals surface area contributed by atoms with E-state index >= 15 is 0 Å². The van der Waals surface area contributed by atoms with Gasteiger partial charge in [0, 0.05) is 50.2 Å². The van der Waals surface area contributed by atoms with Crippen LogP contribution < -0.4 is 4.90 Å². The minimum Gasteiger partial charge on any atom is -0.355 e. The van der Waals surface area contributed by atoms with Crippen molar-refractivity contribution in [1.29, 1.82) is 0 Å². The number of aromatic nitrogens is 2. The first-order valence-corrected chi connectivity index (χ1v) is 10.2. The number of nitrogens with zero attached hydrogens (tertiary/aromatic N) is 4. The van der Waals surface area contributed by atoms with E-state index in [2.05, 4.69) is 45.1 Å². The van der Waals surface area contributed by atoms with Gasteiger partial charge in [-0.3, -0.25) is 14.7 Å². The molecule has 1 aromatic carbocycles. The van der Waals surface area contributed by atoms with Crippen LogP contribution in [0.5, 0.6) is 0 Å². The molecule has 0 spiro atoms. The van der Waals surface area contributed by atoms with Crippen LogP contribution in [0.1, 0.15) is 33.7 Å². The van der Waals surface area contributed by atoms with Crippen molar-refractivity contribution in [3.63, 3.8) is 0 Å². The van der Waals surface area contributed by atoms with Gasteiger partial charge in [0.05, 0.1) is 0 Å². The minimum atomic E-state index is -0.0713. The van der Waals surface area contributed by atoms with E-state index in [4.69, 9.17) is 4.98 Å². The molecule has 1 aliphatic rings. The summed E-state index contributed by atoms with van der Waals surface area (Å²) in [4.78, 5) is 26.6. The number of hydrogen-bond donors (Lipinski definition) is 0. The summed E-state index contributed by atoms with van der Waals surface area (Å²) in [6.07, 6.45) is 2.78. The van der Waals surface area contributed by atoms with Crippen LogP contribution in [-0.4, -0.2) is 46.8 Å². The molecule has 3 aromatic rings. The lowest BCUT2D eigenvalue weighted by molar-refractivity contribution is 0.103. The molecule has 0 amide bonds. The molecule has 4 rings (SSSR count). The van der Waals surface area contributed by atoms with Gasteiger partial charge in [-0.25, -0.2) is 4.98 Å². The van der Waals surface area contributed by atoms with Gasteiger partial charge in [0.1, 0.15) is 11.5 Å². The molecule has 0 radical (unpaired) electrons. The smallest absolute Gasteiger partial charge is 0.213 e. The molecule has 148 valence electrons. The standard InChI is InChI=1S/C24H26N4O/c1-19-21(10-6-13-25-19)24(29)22-11-5-12-23(26-22)28-15-7-14-27(16-17-28)18-20-8-3-2-4-9-20/h2-6,8-13H,7,14-18H2,1H3. The highest BCUT2D eigenvalue weighted by Crippen LogP contribution is 2.18.